The van der Waals surface area contributed by atoms with Gasteiger partial charge < -0.3 is 10.1 Å². The molecule has 8 nitrogen and oxygen atoms in total. The number of rotatable bonds is 4. The summed E-state index contributed by atoms with van der Waals surface area (Å²) in [5.41, 5.74) is 3.00. The smallest absolute Gasteiger partial charge is 0.270 e. The van der Waals surface area contributed by atoms with Gasteiger partial charge in [0.1, 0.15) is 11.7 Å². The van der Waals surface area contributed by atoms with Crippen LogP contribution in [-0.2, 0) is 11.3 Å². The Balaban J connectivity index is 1.54. The number of amides is 1. The summed E-state index contributed by atoms with van der Waals surface area (Å²) in [4.78, 5) is 33.2. The highest BCUT2D eigenvalue weighted by Gasteiger charge is 2.55. The van der Waals surface area contributed by atoms with Crippen molar-refractivity contribution in [2.45, 2.75) is 46.0 Å². The lowest BCUT2D eigenvalue weighted by Gasteiger charge is -2.45. The molecular formula is C28H27N5O3S. The molecule has 0 aliphatic carbocycles. The zero-order chi connectivity index (χ0) is 25.9. The maximum atomic E-state index is 13.9. The van der Waals surface area contributed by atoms with E-state index in [4.69, 9.17) is 9.73 Å². The number of thiazole rings is 1. The Hall–Kier alpha value is -3.98. The zero-order valence-corrected chi connectivity index (χ0v) is 21.9. The molecule has 4 aromatic rings. The number of nitrogens with one attached hydrogen (secondary N) is 1. The molecule has 6 rings (SSSR count). The lowest BCUT2D eigenvalue weighted by atomic mass is 9.80. The minimum absolute atomic E-state index is 0.176. The van der Waals surface area contributed by atoms with Crippen LogP contribution in [0, 0.1) is 19.8 Å². The Labute approximate surface area is 217 Å². The maximum absolute atomic E-state index is 13.9. The molecule has 2 bridgehead atoms. The molecule has 4 heterocycles. The Kier molecular flexibility index (Phi) is 5.41. The van der Waals surface area contributed by atoms with Crippen molar-refractivity contribution in [2.75, 3.05) is 5.32 Å². The molecule has 0 saturated carbocycles. The van der Waals surface area contributed by atoms with Crippen molar-refractivity contribution < 1.29 is 9.53 Å². The first-order valence-electron chi connectivity index (χ1n) is 12.3. The second kappa shape index (κ2) is 8.55. The van der Waals surface area contributed by atoms with E-state index in [1.807, 2.05) is 87.0 Å². The average molecular weight is 514 g/mol. The molecule has 37 heavy (non-hydrogen) atoms. The van der Waals surface area contributed by atoms with Crippen molar-refractivity contribution in [1.82, 2.24) is 14.3 Å². The van der Waals surface area contributed by atoms with Gasteiger partial charge in [0, 0.05) is 29.1 Å². The lowest BCUT2D eigenvalue weighted by Crippen LogP contribution is -2.59. The molecule has 2 aromatic carbocycles. The van der Waals surface area contributed by atoms with Crippen LogP contribution in [0.15, 0.2) is 64.5 Å². The average Bonchev–Trinajstić information content (AvgIpc) is 3.37. The van der Waals surface area contributed by atoms with Gasteiger partial charge >= 0.3 is 0 Å². The van der Waals surface area contributed by atoms with Crippen LogP contribution in [0.2, 0.25) is 0 Å². The van der Waals surface area contributed by atoms with Crippen molar-refractivity contribution in [1.29, 1.82) is 0 Å². The molecule has 2 aliphatic rings. The molecule has 0 spiro atoms. The van der Waals surface area contributed by atoms with Gasteiger partial charge in [-0.1, -0.05) is 47.7 Å². The van der Waals surface area contributed by atoms with Crippen LogP contribution in [0.3, 0.4) is 0 Å². The van der Waals surface area contributed by atoms with Crippen LogP contribution in [0.25, 0.3) is 6.08 Å². The van der Waals surface area contributed by atoms with E-state index in [2.05, 4.69) is 10.4 Å². The number of benzene rings is 2. The topological polar surface area (TPSA) is 90.5 Å². The number of para-hydroxylation sites is 2. The highest BCUT2D eigenvalue weighted by Crippen LogP contribution is 2.47. The summed E-state index contributed by atoms with van der Waals surface area (Å²) in [7, 11) is 0. The molecule has 9 heteroatoms. The fraction of sp³-hybridized carbons (Fsp3) is 0.286. The summed E-state index contributed by atoms with van der Waals surface area (Å²) < 4.78 is 10.5. The summed E-state index contributed by atoms with van der Waals surface area (Å²) in [5.74, 6) is -0.360. The van der Waals surface area contributed by atoms with Crippen molar-refractivity contribution in [3.8, 4) is 5.75 Å². The van der Waals surface area contributed by atoms with Crippen LogP contribution in [0.4, 0.5) is 5.69 Å². The van der Waals surface area contributed by atoms with E-state index in [1.54, 1.807) is 10.8 Å². The van der Waals surface area contributed by atoms with Crippen LogP contribution in [-0.4, -0.2) is 26.0 Å². The number of nitrogens with zero attached hydrogens (tertiary/aromatic N) is 4. The predicted molar refractivity (Wildman–Crippen MR) is 142 cm³/mol. The molecule has 0 fully saturated rings. The molecular weight excluding hydrogens is 486 g/mol. The standard InChI is InChI=1S/C28H27N5O3S/c1-5-32-17(3)18(15-29-32)14-22-26(35)33-24-19-11-7-9-13-21(19)36-28(4,31-27(33)37-22)23(24)25(34)30-20-12-8-6-10-16(20)2/h6-15,23-24H,5H2,1-4H3,(H,30,34)/b22-14+/t23-,24-,28-/m0/s1. The molecule has 188 valence electrons. The zero-order valence-electron chi connectivity index (χ0n) is 21.1. The molecule has 2 aromatic heterocycles. The van der Waals surface area contributed by atoms with Crippen molar-refractivity contribution in [3.05, 3.63) is 96.8 Å². The van der Waals surface area contributed by atoms with E-state index in [0.29, 0.717) is 15.1 Å². The van der Waals surface area contributed by atoms with Crippen molar-refractivity contribution in [3.63, 3.8) is 0 Å². The van der Waals surface area contributed by atoms with Gasteiger partial charge in [-0.25, -0.2) is 4.99 Å². The Morgan fingerprint density at radius 1 is 1.19 bits per heavy atom. The lowest BCUT2D eigenvalue weighted by molar-refractivity contribution is -0.131. The van der Waals surface area contributed by atoms with E-state index in [-0.39, 0.29) is 11.5 Å². The largest absolute Gasteiger partial charge is 0.465 e. The Morgan fingerprint density at radius 3 is 2.70 bits per heavy atom. The Morgan fingerprint density at radius 2 is 1.95 bits per heavy atom. The third-order valence-electron chi connectivity index (χ3n) is 7.29. The number of hydrogen-bond donors (Lipinski definition) is 1. The fourth-order valence-corrected chi connectivity index (χ4v) is 6.42. The second-order valence-corrected chi connectivity index (χ2v) is 10.6. The Bertz CT molecular complexity index is 1730. The number of carbonyl (C=O) groups excluding carboxylic acids is 1. The summed E-state index contributed by atoms with van der Waals surface area (Å²) in [6.07, 6.45) is 3.64. The maximum Gasteiger partial charge on any atom is 0.270 e. The van der Waals surface area contributed by atoms with Crippen molar-refractivity contribution in [2.24, 2.45) is 10.9 Å². The van der Waals surface area contributed by atoms with E-state index >= 15 is 0 Å². The highest BCUT2D eigenvalue weighted by molar-refractivity contribution is 7.07. The van der Waals surface area contributed by atoms with Crippen LogP contribution < -0.4 is 24.9 Å². The van der Waals surface area contributed by atoms with E-state index in [1.165, 1.54) is 11.3 Å². The molecule has 2 aliphatic heterocycles. The number of aromatic nitrogens is 3. The normalized spacial score (nSPS) is 22.0. The van der Waals surface area contributed by atoms with Crippen LogP contribution in [0.1, 0.15) is 42.3 Å². The third kappa shape index (κ3) is 3.64. The minimum Gasteiger partial charge on any atom is -0.465 e. The van der Waals surface area contributed by atoms with Gasteiger partial charge in [0.15, 0.2) is 4.80 Å². The quantitative estimate of drug-likeness (QED) is 0.454. The van der Waals surface area contributed by atoms with Gasteiger partial charge in [-0.05, 0) is 51.5 Å². The second-order valence-electron chi connectivity index (χ2n) is 9.60. The first-order valence-corrected chi connectivity index (χ1v) is 13.1. The van der Waals surface area contributed by atoms with Gasteiger partial charge in [-0.3, -0.25) is 18.8 Å². The summed E-state index contributed by atoms with van der Waals surface area (Å²) in [6.45, 7) is 8.54. The third-order valence-corrected chi connectivity index (χ3v) is 8.28. The number of fused-ring (bicyclic) bond motifs is 6. The minimum atomic E-state index is -1.18. The number of anilines is 1. The monoisotopic (exact) mass is 513 g/mol. The van der Waals surface area contributed by atoms with E-state index in [9.17, 15) is 9.59 Å². The number of aryl methyl sites for hydroxylation is 2. The summed E-state index contributed by atoms with van der Waals surface area (Å²) in [6, 6.07) is 14.6. The summed E-state index contributed by atoms with van der Waals surface area (Å²) >= 11 is 1.31. The van der Waals surface area contributed by atoms with Gasteiger partial charge in [0.05, 0.1) is 16.8 Å². The van der Waals surface area contributed by atoms with Crippen molar-refractivity contribution >= 4 is 29.0 Å². The highest BCUT2D eigenvalue weighted by atomic mass is 32.1. The number of carbonyl (C=O) groups is 1. The molecule has 0 saturated heterocycles. The molecule has 0 radical (unpaired) electrons. The molecule has 3 atom stereocenters. The number of ether oxygens (including phenoxy) is 1. The SMILES string of the molecule is CCn1ncc(/C=c2/sc3n(c2=O)[C@H]2c4ccccc4O[C@](C)(N=3)[C@@H]2C(=O)Nc2ccccc2C)c1C. The van der Waals surface area contributed by atoms with Crippen LogP contribution in [0.5, 0.6) is 5.75 Å². The van der Waals surface area contributed by atoms with E-state index < -0.39 is 17.7 Å². The molecule has 1 amide bonds. The van der Waals surface area contributed by atoms with Gasteiger partial charge in [0.2, 0.25) is 11.6 Å². The predicted octanol–water partition coefficient (Wildman–Crippen LogP) is 3.16. The first kappa shape index (κ1) is 23.4. The summed E-state index contributed by atoms with van der Waals surface area (Å²) in [5, 5.41) is 7.47. The van der Waals surface area contributed by atoms with Gasteiger partial charge in [-0.15, -0.1) is 0 Å². The van der Waals surface area contributed by atoms with E-state index in [0.717, 1.165) is 34.6 Å². The molecule has 0 unspecified atom stereocenters. The first-order chi connectivity index (χ1) is 17.8. The number of hydrogen-bond acceptors (Lipinski definition) is 6. The molecule has 1 N–H and O–H groups in total. The van der Waals surface area contributed by atoms with Gasteiger partial charge in [0.25, 0.3) is 5.56 Å². The van der Waals surface area contributed by atoms with Gasteiger partial charge in [-0.2, -0.15) is 5.10 Å². The van der Waals surface area contributed by atoms with Crippen LogP contribution >= 0.6 is 11.3 Å². The fourth-order valence-electron chi connectivity index (χ4n) is 5.33.